The molecule has 1 heterocycles. The van der Waals surface area contributed by atoms with Gasteiger partial charge in [-0.2, -0.15) is 0 Å². The Bertz CT molecular complexity index is 530. The van der Waals surface area contributed by atoms with Crippen LogP contribution in [0.1, 0.15) is 18.1 Å². The van der Waals surface area contributed by atoms with E-state index in [1.165, 1.54) is 0 Å². The van der Waals surface area contributed by atoms with Crippen LogP contribution in [0.4, 0.5) is 0 Å². The lowest BCUT2D eigenvalue weighted by Crippen LogP contribution is -2.32. The third-order valence-electron chi connectivity index (χ3n) is 3.99. The van der Waals surface area contributed by atoms with Gasteiger partial charge in [-0.05, 0) is 17.0 Å². The Balaban J connectivity index is 1.99. The van der Waals surface area contributed by atoms with Crippen LogP contribution < -0.4 is 5.73 Å². The standard InChI is InChI=1S/C16H22N2O3/c1-11-8-18(9-14(11)16(17)20)15(19)7-12-4-3-5-13(6-12)10-21-2/h3-6,11,14H,7-10H2,1-2H3,(H2,17,20)/t11-,14-/m1/s1. The van der Waals surface area contributed by atoms with Crippen LogP contribution in [-0.4, -0.2) is 36.9 Å². The predicted molar refractivity (Wildman–Crippen MR) is 79.3 cm³/mol. The van der Waals surface area contributed by atoms with Crippen LogP contribution in [0.2, 0.25) is 0 Å². The van der Waals surface area contributed by atoms with Crippen LogP contribution >= 0.6 is 0 Å². The summed E-state index contributed by atoms with van der Waals surface area (Å²) in [4.78, 5) is 25.4. The van der Waals surface area contributed by atoms with Crippen LogP contribution in [0.3, 0.4) is 0 Å². The molecule has 2 atom stereocenters. The van der Waals surface area contributed by atoms with Crippen molar-refractivity contribution in [3.8, 4) is 0 Å². The summed E-state index contributed by atoms with van der Waals surface area (Å²) in [5.41, 5.74) is 7.38. The van der Waals surface area contributed by atoms with Gasteiger partial charge in [-0.25, -0.2) is 0 Å². The highest BCUT2D eigenvalue weighted by Crippen LogP contribution is 2.23. The first-order valence-electron chi connectivity index (χ1n) is 7.15. The fourth-order valence-electron chi connectivity index (χ4n) is 2.82. The van der Waals surface area contributed by atoms with Crippen LogP contribution in [0, 0.1) is 11.8 Å². The molecule has 1 aliphatic heterocycles. The molecule has 1 saturated heterocycles. The molecule has 1 aromatic carbocycles. The maximum Gasteiger partial charge on any atom is 0.227 e. The van der Waals surface area contributed by atoms with Crippen LogP contribution in [0.5, 0.6) is 0 Å². The van der Waals surface area contributed by atoms with E-state index in [0.29, 0.717) is 26.1 Å². The molecule has 0 bridgehead atoms. The van der Waals surface area contributed by atoms with Gasteiger partial charge in [-0.3, -0.25) is 9.59 Å². The fraction of sp³-hybridized carbons (Fsp3) is 0.500. The Morgan fingerprint density at radius 3 is 2.67 bits per heavy atom. The minimum absolute atomic E-state index is 0.0418. The van der Waals surface area contributed by atoms with E-state index in [1.807, 2.05) is 31.2 Å². The van der Waals surface area contributed by atoms with Crippen molar-refractivity contribution in [2.24, 2.45) is 17.6 Å². The van der Waals surface area contributed by atoms with Crippen molar-refractivity contribution in [3.63, 3.8) is 0 Å². The summed E-state index contributed by atoms with van der Waals surface area (Å²) < 4.78 is 5.10. The number of hydrogen-bond donors (Lipinski definition) is 1. The Morgan fingerprint density at radius 2 is 2.05 bits per heavy atom. The molecule has 114 valence electrons. The topological polar surface area (TPSA) is 72.6 Å². The average Bonchev–Trinajstić information content (AvgIpc) is 2.82. The normalized spacial score (nSPS) is 21.5. The summed E-state index contributed by atoms with van der Waals surface area (Å²) in [6, 6.07) is 7.81. The number of benzene rings is 1. The van der Waals surface area contributed by atoms with E-state index >= 15 is 0 Å². The predicted octanol–water partition coefficient (Wildman–Crippen LogP) is 0.955. The Hall–Kier alpha value is -1.88. The lowest BCUT2D eigenvalue weighted by molar-refractivity contribution is -0.129. The molecular weight excluding hydrogens is 268 g/mol. The zero-order valence-electron chi connectivity index (χ0n) is 12.5. The molecule has 2 N–H and O–H groups in total. The Labute approximate surface area is 125 Å². The molecule has 0 radical (unpaired) electrons. The molecule has 0 spiro atoms. The van der Waals surface area contributed by atoms with E-state index in [0.717, 1.165) is 11.1 Å². The summed E-state index contributed by atoms with van der Waals surface area (Å²) in [5.74, 6) is -0.375. The van der Waals surface area contributed by atoms with Crippen molar-refractivity contribution in [2.45, 2.75) is 20.0 Å². The lowest BCUT2D eigenvalue weighted by atomic mass is 9.98. The van der Waals surface area contributed by atoms with Gasteiger partial charge >= 0.3 is 0 Å². The maximum absolute atomic E-state index is 12.3. The number of nitrogens with zero attached hydrogens (tertiary/aromatic N) is 1. The van der Waals surface area contributed by atoms with E-state index in [2.05, 4.69) is 0 Å². The number of carbonyl (C=O) groups excluding carboxylic acids is 2. The van der Waals surface area contributed by atoms with E-state index in [9.17, 15) is 9.59 Å². The molecule has 2 amide bonds. The Morgan fingerprint density at radius 1 is 1.33 bits per heavy atom. The number of amides is 2. The van der Waals surface area contributed by atoms with E-state index in [4.69, 9.17) is 10.5 Å². The van der Waals surface area contributed by atoms with Gasteiger partial charge in [-0.1, -0.05) is 31.2 Å². The minimum atomic E-state index is -0.320. The SMILES string of the molecule is COCc1cccc(CC(=O)N2C[C@@H](C)[C@H](C(N)=O)C2)c1. The summed E-state index contributed by atoms with van der Waals surface area (Å²) in [6.07, 6.45) is 0.343. The van der Waals surface area contributed by atoms with Crippen molar-refractivity contribution >= 4 is 11.8 Å². The van der Waals surface area contributed by atoms with E-state index in [-0.39, 0.29) is 23.7 Å². The van der Waals surface area contributed by atoms with Gasteiger partial charge in [0, 0.05) is 20.2 Å². The number of hydrogen-bond acceptors (Lipinski definition) is 3. The smallest absolute Gasteiger partial charge is 0.227 e. The van der Waals surface area contributed by atoms with Crippen molar-refractivity contribution in [1.82, 2.24) is 4.90 Å². The maximum atomic E-state index is 12.3. The summed E-state index contributed by atoms with van der Waals surface area (Å²) in [7, 11) is 1.65. The first-order chi connectivity index (χ1) is 10.0. The van der Waals surface area contributed by atoms with Gasteiger partial charge in [0.25, 0.3) is 0 Å². The number of rotatable bonds is 5. The van der Waals surface area contributed by atoms with Gasteiger partial charge < -0.3 is 15.4 Å². The molecular formula is C16H22N2O3. The fourth-order valence-corrected chi connectivity index (χ4v) is 2.82. The quantitative estimate of drug-likeness (QED) is 0.877. The van der Waals surface area contributed by atoms with Crippen LogP contribution in [0.25, 0.3) is 0 Å². The largest absolute Gasteiger partial charge is 0.380 e. The van der Waals surface area contributed by atoms with Gasteiger partial charge in [-0.15, -0.1) is 0 Å². The molecule has 5 heteroatoms. The molecule has 0 unspecified atom stereocenters. The molecule has 1 fully saturated rings. The summed E-state index contributed by atoms with van der Waals surface area (Å²) in [5, 5.41) is 0. The van der Waals surface area contributed by atoms with E-state index in [1.54, 1.807) is 12.0 Å². The van der Waals surface area contributed by atoms with Crippen LogP contribution in [0.15, 0.2) is 24.3 Å². The highest BCUT2D eigenvalue weighted by atomic mass is 16.5. The first-order valence-corrected chi connectivity index (χ1v) is 7.15. The zero-order chi connectivity index (χ0) is 15.4. The van der Waals surface area contributed by atoms with Gasteiger partial charge in [0.05, 0.1) is 18.9 Å². The molecule has 5 nitrogen and oxygen atoms in total. The lowest BCUT2D eigenvalue weighted by Gasteiger charge is -2.16. The second-order valence-electron chi connectivity index (χ2n) is 5.71. The average molecular weight is 290 g/mol. The third kappa shape index (κ3) is 3.82. The second-order valence-corrected chi connectivity index (χ2v) is 5.71. The highest BCUT2D eigenvalue weighted by Gasteiger charge is 2.35. The third-order valence-corrected chi connectivity index (χ3v) is 3.99. The van der Waals surface area contributed by atoms with Gasteiger partial charge in [0.2, 0.25) is 11.8 Å². The van der Waals surface area contributed by atoms with Crippen molar-refractivity contribution in [2.75, 3.05) is 20.2 Å². The highest BCUT2D eigenvalue weighted by molar-refractivity contribution is 5.82. The minimum Gasteiger partial charge on any atom is -0.380 e. The summed E-state index contributed by atoms with van der Waals surface area (Å²) in [6.45, 7) is 3.53. The second kappa shape index (κ2) is 6.72. The molecule has 1 aromatic rings. The number of primary amides is 1. The number of nitrogens with two attached hydrogens (primary N) is 1. The van der Waals surface area contributed by atoms with Crippen molar-refractivity contribution in [3.05, 3.63) is 35.4 Å². The van der Waals surface area contributed by atoms with Gasteiger partial charge in [0.1, 0.15) is 0 Å². The molecule has 2 rings (SSSR count). The molecule has 0 aliphatic carbocycles. The number of likely N-dealkylation sites (tertiary alicyclic amines) is 1. The van der Waals surface area contributed by atoms with Crippen molar-refractivity contribution in [1.29, 1.82) is 0 Å². The molecule has 0 saturated carbocycles. The van der Waals surface area contributed by atoms with E-state index < -0.39 is 0 Å². The molecule has 1 aliphatic rings. The number of ether oxygens (including phenoxy) is 1. The zero-order valence-corrected chi connectivity index (χ0v) is 12.5. The first kappa shape index (κ1) is 15.5. The van der Waals surface area contributed by atoms with Crippen molar-refractivity contribution < 1.29 is 14.3 Å². The molecule has 0 aromatic heterocycles. The van der Waals surface area contributed by atoms with Crippen LogP contribution in [-0.2, 0) is 27.4 Å². The number of carbonyl (C=O) groups is 2. The van der Waals surface area contributed by atoms with Gasteiger partial charge in [0.15, 0.2) is 0 Å². The molecule has 21 heavy (non-hydrogen) atoms. The Kier molecular flexibility index (Phi) is 4.96. The summed E-state index contributed by atoms with van der Waals surface area (Å²) >= 11 is 0. The number of methoxy groups -OCH3 is 1. The monoisotopic (exact) mass is 290 g/mol.